The van der Waals surface area contributed by atoms with E-state index in [4.69, 9.17) is 10.1 Å². The average Bonchev–Trinajstić information content (AvgIpc) is 3.19. The van der Waals surface area contributed by atoms with Crippen LogP contribution in [0.4, 0.5) is 20.2 Å². The molecule has 2 heterocycles. The monoisotopic (exact) mass is 450 g/mol. The van der Waals surface area contributed by atoms with Crippen molar-refractivity contribution in [2.24, 2.45) is 5.92 Å². The maximum atomic E-state index is 14.6. The molecule has 2 amide bonds. The summed E-state index contributed by atoms with van der Waals surface area (Å²) in [7, 11) is 0. The molecule has 0 bridgehead atoms. The predicted molar refractivity (Wildman–Crippen MR) is 120 cm³/mol. The molecule has 168 valence electrons. The van der Waals surface area contributed by atoms with Gasteiger partial charge in [-0.3, -0.25) is 9.59 Å². The highest BCUT2D eigenvalue weighted by molar-refractivity contribution is 6.13. The Morgan fingerprint density at radius 3 is 2.73 bits per heavy atom. The van der Waals surface area contributed by atoms with Crippen molar-refractivity contribution in [1.82, 2.24) is 5.32 Å². The van der Waals surface area contributed by atoms with E-state index in [0.29, 0.717) is 30.1 Å². The molecule has 0 saturated carbocycles. The third-order valence-corrected chi connectivity index (χ3v) is 5.18. The van der Waals surface area contributed by atoms with E-state index in [0.717, 1.165) is 12.3 Å². The van der Waals surface area contributed by atoms with Crippen molar-refractivity contribution in [1.29, 1.82) is 5.41 Å². The van der Waals surface area contributed by atoms with Gasteiger partial charge in [-0.25, -0.2) is 8.78 Å². The SMILES string of the molecule is N=C/C=C1\NC=CC=C1Oc1ccc(NC(=O)C2CCN(c3ccc(F)cc3)C2=O)cc1F. The summed E-state index contributed by atoms with van der Waals surface area (Å²) in [5.74, 6) is -2.71. The number of anilines is 2. The predicted octanol–water partition coefficient (Wildman–Crippen LogP) is 3.87. The first-order chi connectivity index (χ1) is 16.0. The fourth-order valence-electron chi connectivity index (χ4n) is 3.55. The maximum Gasteiger partial charge on any atom is 0.239 e. The zero-order valence-corrected chi connectivity index (χ0v) is 17.3. The zero-order chi connectivity index (χ0) is 23.4. The molecule has 1 fully saturated rings. The van der Waals surface area contributed by atoms with Crippen molar-refractivity contribution in [3.05, 3.63) is 90.0 Å². The van der Waals surface area contributed by atoms with Crippen LogP contribution in [0.5, 0.6) is 5.75 Å². The summed E-state index contributed by atoms with van der Waals surface area (Å²) in [6.45, 7) is 0.326. The lowest BCUT2D eigenvalue weighted by Gasteiger charge is -2.17. The van der Waals surface area contributed by atoms with E-state index in [-0.39, 0.29) is 11.4 Å². The summed E-state index contributed by atoms with van der Waals surface area (Å²) in [6, 6.07) is 9.42. The first-order valence-electron chi connectivity index (χ1n) is 10.2. The summed E-state index contributed by atoms with van der Waals surface area (Å²) in [5, 5.41) is 12.7. The van der Waals surface area contributed by atoms with Gasteiger partial charge in [-0.1, -0.05) is 0 Å². The van der Waals surface area contributed by atoms with Crippen LogP contribution in [-0.2, 0) is 9.59 Å². The van der Waals surface area contributed by atoms with E-state index in [2.05, 4.69) is 10.6 Å². The number of nitrogens with zero attached hydrogens (tertiary/aromatic N) is 1. The van der Waals surface area contributed by atoms with Crippen LogP contribution in [0.15, 0.2) is 78.3 Å². The van der Waals surface area contributed by atoms with Crippen LogP contribution in [0.3, 0.4) is 0 Å². The number of dihydropyridines is 1. The molecule has 33 heavy (non-hydrogen) atoms. The van der Waals surface area contributed by atoms with Crippen LogP contribution in [-0.4, -0.2) is 24.6 Å². The number of rotatable bonds is 6. The second kappa shape index (κ2) is 9.47. The minimum absolute atomic E-state index is 0.0633. The van der Waals surface area contributed by atoms with E-state index in [1.165, 1.54) is 47.4 Å². The second-order valence-corrected chi connectivity index (χ2v) is 7.33. The quantitative estimate of drug-likeness (QED) is 0.460. The Labute approximate surface area is 188 Å². The fourth-order valence-corrected chi connectivity index (χ4v) is 3.55. The van der Waals surface area contributed by atoms with Crippen LogP contribution < -0.4 is 20.3 Å². The lowest BCUT2D eigenvalue weighted by molar-refractivity contribution is -0.129. The standard InChI is InChI=1S/C24H20F2N4O3/c25-15-3-6-17(7-4-15)30-13-10-18(24(30)32)23(31)29-16-5-8-21(19(26)14-16)33-22-2-1-12-28-20(22)9-11-27/h1-9,11-12,14,18,27-28H,10,13H2,(H,29,31)/b20-9-,27-11?. The largest absolute Gasteiger partial charge is 0.452 e. The molecule has 0 aliphatic carbocycles. The molecule has 1 saturated heterocycles. The van der Waals surface area contributed by atoms with Gasteiger partial charge in [0.15, 0.2) is 17.3 Å². The molecule has 1 unspecified atom stereocenters. The Morgan fingerprint density at radius 1 is 1.21 bits per heavy atom. The molecule has 0 aromatic heterocycles. The minimum atomic E-state index is -0.923. The summed E-state index contributed by atoms with van der Waals surface area (Å²) in [5.41, 5.74) is 1.19. The molecule has 0 spiro atoms. The smallest absolute Gasteiger partial charge is 0.239 e. The molecule has 2 aliphatic rings. The van der Waals surface area contributed by atoms with Gasteiger partial charge in [0.1, 0.15) is 11.7 Å². The highest BCUT2D eigenvalue weighted by Crippen LogP contribution is 2.28. The van der Waals surface area contributed by atoms with Crippen molar-refractivity contribution < 1.29 is 23.1 Å². The van der Waals surface area contributed by atoms with E-state index in [9.17, 15) is 18.4 Å². The molecule has 3 N–H and O–H groups in total. The lowest BCUT2D eigenvalue weighted by Crippen LogP contribution is -2.33. The highest BCUT2D eigenvalue weighted by Gasteiger charge is 2.37. The van der Waals surface area contributed by atoms with Crippen LogP contribution >= 0.6 is 0 Å². The number of carbonyl (C=O) groups excluding carboxylic acids is 2. The number of allylic oxidation sites excluding steroid dienone is 3. The molecule has 2 aromatic rings. The van der Waals surface area contributed by atoms with E-state index in [1.807, 2.05) is 0 Å². The first-order valence-corrected chi connectivity index (χ1v) is 10.2. The number of hydrogen-bond donors (Lipinski definition) is 3. The second-order valence-electron chi connectivity index (χ2n) is 7.33. The van der Waals surface area contributed by atoms with Crippen LogP contribution in [0, 0.1) is 23.0 Å². The number of hydrogen-bond acceptors (Lipinski definition) is 5. The van der Waals surface area contributed by atoms with Crippen molar-refractivity contribution in [2.75, 3.05) is 16.8 Å². The van der Waals surface area contributed by atoms with E-state index in [1.54, 1.807) is 18.4 Å². The van der Waals surface area contributed by atoms with Gasteiger partial charge in [0.25, 0.3) is 0 Å². The van der Waals surface area contributed by atoms with Gasteiger partial charge in [0.2, 0.25) is 11.8 Å². The fraction of sp³-hybridized carbons (Fsp3) is 0.125. The Hall–Kier alpha value is -4.27. The number of nitrogens with one attached hydrogen (secondary N) is 3. The van der Waals surface area contributed by atoms with Gasteiger partial charge in [0.05, 0.1) is 5.70 Å². The van der Waals surface area contributed by atoms with Crippen LogP contribution in [0.2, 0.25) is 0 Å². The number of ether oxygens (including phenoxy) is 1. The molecule has 7 nitrogen and oxygen atoms in total. The molecular formula is C24H20F2N4O3. The average molecular weight is 450 g/mol. The topological polar surface area (TPSA) is 94.5 Å². The van der Waals surface area contributed by atoms with Gasteiger partial charge in [-0.2, -0.15) is 0 Å². The normalized spacial score (nSPS) is 18.7. The lowest BCUT2D eigenvalue weighted by atomic mass is 10.1. The minimum Gasteiger partial charge on any atom is -0.452 e. The van der Waals surface area contributed by atoms with E-state index >= 15 is 0 Å². The summed E-state index contributed by atoms with van der Waals surface area (Å²) in [4.78, 5) is 26.8. The molecular weight excluding hydrogens is 430 g/mol. The van der Waals surface area contributed by atoms with Gasteiger partial charge >= 0.3 is 0 Å². The zero-order valence-electron chi connectivity index (χ0n) is 17.3. The first kappa shape index (κ1) is 21.9. The van der Waals surface area contributed by atoms with Crippen molar-refractivity contribution in [3.8, 4) is 5.75 Å². The Bertz CT molecular complexity index is 1190. The highest BCUT2D eigenvalue weighted by atomic mass is 19.1. The maximum absolute atomic E-state index is 14.6. The summed E-state index contributed by atoms with van der Waals surface area (Å²) < 4.78 is 33.4. The number of amides is 2. The number of halogens is 2. The van der Waals surface area contributed by atoms with Gasteiger partial charge < -0.3 is 25.7 Å². The van der Waals surface area contributed by atoms with Gasteiger partial charge in [-0.05, 0) is 61.0 Å². The third-order valence-electron chi connectivity index (χ3n) is 5.18. The molecule has 4 rings (SSSR count). The number of carbonyl (C=O) groups is 2. The Morgan fingerprint density at radius 2 is 2.00 bits per heavy atom. The summed E-state index contributed by atoms with van der Waals surface area (Å²) >= 11 is 0. The number of benzene rings is 2. The van der Waals surface area contributed by atoms with Crippen molar-refractivity contribution >= 4 is 29.4 Å². The van der Waals surface area contributed by atoms with Crippen LogP contribution in [0.25, 0.3) is 0 Å². The van der Waals surface area contributed by atoms with E-state index < -0.39 is 29.4 Å². The van der Waals surface area contributed by atoms with Gasteiger partial charge in [-0.15, -0.1) is 0 Å². The third kappa shape index (κ3) is 4.82. The molecule has 2 aromatic carbocycles. The van der Waals surface area contributed by atoms with Crippen LogP contribution in [0.1, 0.15) is 6.42 Å². The van der Waals surface area contributed by atoms with Crippen molar-refractivity contribution in [2.45, 2.75) is 6.42 Å². The molecule has 2 aliphatic heterocycles. The van der Waals surface area contributed by atoms with Crippen molar-refractivity contribution in [3.63, 3.8) is 0 Å². The Kier molecular flexibility index (Phi) is 6.30. The summed E-state index contributed by atoms with van der Waals surface area (Å²) in [6.07, 6.45) is 7.79. The van der Waals surface area contributed by atoms with Gasteiger partial charge in [0, 0.05) is 36.4 Å². The molecule has 1 atom stereocenters. The Balaban J connectivity index is 1.42. The molecule has 0 radical (unpaired) electrons. The molecule has 9 heteroatoms.